The molecule has 4 aromatic rings. The van der Waals surface area contributed by atoms with Gasteiger partial charge in [-0.15, -0.1) is 0 Å². The highest BCUT2D eigenvalue weighted by Crippen LogP contribution is 2.24. The van der Waals surface area contributed by atoms with Crippen LogP contribution in [0.1, 0.15) is 11.1 Å². The molecule has 10 heteroatoms. The smallest absolute Gasteiger partial charge is 0.335 e. The molecular formula is C22H18N4O5S. The number of aromatic hydroxyl groups is 1. The Kier molecular flexibility index (Phi) is 5.37. The third kappa shape index (κ3) is 3.91. The quantitative estimate of drug-likeness (QED) is 0.316. The zero-order valence-corrected chi connectivity index (χ0v) is 17.6. The van der Waals surface area contributed by atoms with Gasteiger partial charge in [0.15, 0.2) is 0 Å². The second-order valence-corrected chi connectivity index (χ2v) is 8.66. The topological polar surface area (TPSA) is 134 Å². The SMILES string of the molecule is Cc1ccc(S(=O)(=O)NN=Cc2c(O)n(-c3cccc4ccccc34)c(=O)[nH]c2=O)cc1. The van der Waals surface area contributed by atoms with Gasteiger partial charge >= 0.3 is 5.69 Å². The maximum Gasteiger partial charge on any atom is 0.335 e. The van der Waals surface area contributed by atoms with Gasteiger partial charge in [0.05, 0.1) is 16.8 Å². The van der Waals surface area contributed by atoms with E-state index in [9.17, 15) is 23.1 Å². The molecule has 0 bridgehead atoms. The number of benzene rings is 3. The summed E-state index contributed by atoms with van der Waals surface area (Å²) in [6.45, 7) is 1.82. The van der Waals surface area contributed by atoms with E-state index in [0.717, 1.165) is 21.7 Å². The van der Waals surface area contributed by atoms with Crippen molar-refractivity contribution in [3.63, 3.8) is 0 Å². The van der Waals surface area contributed by atoms with Crippen LogP contribution in [0.5, 0.6) is 5.88 Å². The van der Waals surface area contributed by atoms with Gasteiger partial charge in [0.1, 0.15) is 5.56 Å². The Balaban J connectivity index is 1.75. The van der Waals surface area contributed by atoms with E-state index in [0.29, 0.717) is 11.1 Å². The molecule has 0 spiro atoms. The molecule has 3 aromatic carbocycles. The van der Waals surface area contributed by atoms with E-state index in [-0.39, 0.29) is 10.5 Å². The standard InChI is InChI=1S/C22H18N4O5S/c1-14-9-11-16(12-10-14)32(30,31)25-23-13-18-20(27)24-22(29)26(21(18)28)19-8-4-6-15-5-2-3-7-17(15)19/h2-13,25,28H,1H3,(H,24,27,29). The van der Waals surface area contributed by atoms with Crippen molar-refractivity contribution in [2.45, 2.75) is 11.8 Å². The second kappa shape index (κ2) is 8.16. The summed E-state index contributed by atoms with van der Waals surface area (Å²) < 4.78 is 25.7. The summed E-state index contributed by atoms with van der Waals surface area (Å²) in [5.41, 5.74) is -0.913. The monoisotopic (exact) mass is 450 g/mol. The Morgan fingerprint density at radius 1 is 1.00 bits per heavy atom. The highest BCUT2D eigenvalue weighted by Gasteiger charge is 2.17. The number of H-pyrrole nitrogens is 1. The molecule has 0 saturated heterocycles. The Bertz CT molecular complexity index is 1560. The first kappa shape index (κ1) is 21.1. The van der Waals surface area contributed by atoms with Gasteiger partial charge in [-0.1, -0.05) is 54.1 Å². The first-order chi connectivity index (χ1) is 15.3. The Labute approximate surface area is 182 Å². The Hall–Kier alpha value is -4.18. The number of sulfonamides is 1. The average Bonchev–Trinajstić information content (AvgIpc) is 2.76. The van der Waals surface area contributed by atoms with Crippen LogP contribution in [0.15, 0.2) is 86.3 Å². The van der Waals surface area contributed by atoms with Crippen molar-refractivity contribution in [2.75, 3.05) is 0 Å². The van der Waals surface area contributed by atoms with E-state index in [1.807, 2.05) is 30.0 Å². The Morgan fingerprint density at radius 3 is 2.44 bits per heavy atom. The molecule has 0 amide bonds. The van der Waals surface area contributed by atoms with Gasteiger partial charge in [-0.05, 0) is 30.5 Å². The van der Waals surface area contributed by atoms with E-state index < -0.39 is 27.2 Å². The molecule has 0 aliphatic carbocycles. The minimum atomic E-state index is -3.98. The van der Waals surface area contributed by atoms with Crippen LogP contribution >= 0.6 is 0 Å². The van der Waals surface area contributed by atoms with E-state index >= 15 is 0 Å². The van der Waals surface area contributed by atoms with Crippen LogP contribution in [-0.4, -0.2) is 29.3 Å². The molecule has 1 aromatic heterocycles. The summed E-state index contributed by atoms with van der Waals surface area (Å²) in [6.07, 6.45) is 0.848. The molecule has 4 rings (SSSR count). The van der Waals surface area contributed by atoms with Gasteiger partial charge in [0, 0.05) is 5.39 Å². The molecule has 0 atom stereocenters. The summed E-state index contributed by atoms with van der Waals surface area (Å²) in [5.74, 6) is -0.673. The van der Waals surface area contributed by atoms with Crippen molar-refractivity contribution < 1.29 is 13.5 Å². The van der Waals surface area contributed by atoms with Gasteiger partial charge in [-0.2, -0.15) is 13.5 Å². The molecule has 0 radical (unpaired) electrons. The van der Waals surface area contributed by atoms with Crippen molar-refractivity contribution >= 4 is 27.0 Å². The molecule has 0 aliphatic rings. The highest BCUT2D eigenvalue weighted by molar-refractivity contribution is 7.89. The normalized spacial score (nSPS) is 11.8. The third-order valence-corrected chi connectivity index (χ3v) is 6.06. The maximum absolute atomic E-state index is 12.5. The number of aromatic amines is 1. The van der Waals surface area contributed by atoms with Gasteiger partial charge in [0.25, 0.3) is 15.6 Å². The molecule has 162 valence electrons. The summed E-state index contributed by atoms with van der Waals surface area (Å²) in [6, 6.07) is 18.5. The van der Waals surface area contributed by atoms with Crippen LogP contribution in [0.25, 0.3) is 16.5 Å². The first-order valence-electron chi connectivity index (χ1n) is 9.46. The minimum Gasteiger partial charge on any atom is -0.493 e. The van der Waals surface area contributed by atoms with E-state index in [1.54, 1.807) is 36.4 Å². The molecule has 3 N–H and O–H groups in total. The zero-order valence-electron chi connectivity index (χ0n) is 16.8. The zero-order chi connectivity index (χ0) is 22.9. The van der Waals surface area contributed by atoms with Crippen LogP contribution in [0.4, 0.5) is 0 Å². The lowest BCUT2D eigenvalue weighted by molar-refractivity contribution is 0.430. The van der Waals surface area contributed by atoms with Crippen LogP contribution in [0.2, 0.25) is 0 Å². The number of hydrazone groups is 1. The summed E-state index contributed by atoms with van der Waals surface area (Å²) in [4.78, 5) is 28.9. The summed E-state index contributed by atoms with van der Waals surface area (Å²) in [7, 11) is -3.98. The number of fused-ring (bicyclic) bond motifs is 1. The fourth-order valence-corrected chi connectivity index (χ4v) is 4.00. The lowest BCUT2D eigenvalue weighted by Gasteiger charge is -2.12. The molecule has 32 heavy (non-hydrogen) atoms. The summed E-state index contributed by atoms with van der Waals surface area (Å²) >= 11 is 0. The number of aromatic nitrogens is 2. The van der Waals surface area contributed by atoms with Gasteiger partial charge in [-0.25, -0.2) is 14.2 Å². The molecule has 0 unspecified atom stereocenters. The van der Waals surface area contributed by atoms with Gasteiger partial charge < -0.3 is 5.11 Å². The van der Waals surface area contributed by atoms with Gasteiger partial charge in [-0.3, -0.25) is 9.78 Å². The molecule has 9 nitrogen and oxygen atoms in total. The maximum atomic E-state index is 12.5. The number of nitrogens with zero attached hydrogens (tertiary/aromatic N) is 2. The largest absolute Gasteiger partial charge is 0.493 e. The van der Waals surface area contributed by atoms with Crippen LogP contribution in [-0.2, 0) is 10.0 Å². The fourth-order valence-electron chi connectivity index (χ4n) is 3.21. The number of hydrogen-bond donors (Lipinski definition) is 3. The van der Waals surface area contributed by atoms with Crippen molar-refractivity contribution in [3.05, 3.63) is 98.7 Å². The van der Waals surface area contributed by atoms with Crippen molar-refractivity contribution in [1.29, 1.82) is 0 Å². The predicted octanol–water partition coefficient (Wildman–Crippen LogP) is 2.01. The lowest BCUT2D eigenvalue weighted by atomic mass is 10.1. The van der Waals surface area contributed by atoms with Gasteiger partial charge in [0.2, 0.25) is 5.88 Å². The minimum absolute atomic E-state index is 0.0147. The lowest BCUT2D eigenvalue weighted by Crippen LogP contribution is -2.31. The van der Waals surface area contributed by atoms with Crippen molar-refractivity contribution in [3.8, 4) is 11.6 Å². The molecule has 1 heterocycles. The summed E-state index contributed by atoms with van der Waals surface area (Å²) in [5, 5.41) is 15.8. The third-order valence-electron chi connectivity index (χ3n) is 4.83. The number of aryl methyl sites for hydroxylation is 1. The number of rotatable bonds is 5. The van der Waals surface area contributed by atoms with Crippen LogP contribution in [0.3, 0.4) is 0 Å². The molecule has 0 fully saturated rings. The van der Waals surface area contributed by atoms with E-state index in [1.165, 1.54) is 12.1 Å². The van der Waals surface area contributed by atoms with E-state index in [2.05, 4.69) is 10.1 Å². The first-order valence-corrected chi connectivity index (χ1v) is 10.9. The number of hydrogen-bond acceptors (Lipinski definition) is 6. The Morgan fingerprint density at radius 2 is 1.69 bits per heavy atom. The fraction of sp³-hybridized carbons (Fsp3) is 0.0455. The molecule has 0 aliphatic heterocycles. The van der Waals surface area contributed by atoms with Crippen LogP contribution in [0, 0.1) is 6.92 Å². The highest BCUT2D eigenvalue weighted by atomic mass is 32.2. The van der Waals surface area contributed by atoms with E-state index in [4.69, 9.17) is 0 Å². The molecular weight excluding hydrogens is 432 g/mol. The second-order valence-electron chi connectivity index (χ2n) is 7.00. The predicted molar refractivity (Wildman–Crippen MR) is 121 cm³/mol. The van der Waals surface area contributed by atoms with Crippen molar-refractivity contribution in [1.82, 2.24) is 14.4 Å². The average molecular weight is 450 g/mol. The van der Waals surface area contributed by atoms with Crippen molar-refractivity contribution in [2.24, 2.45) is 5.10 Å². The van der Waals surface area contributed by atoms with Crippen LogP contribution < -0.4 is 16.1 Å². The molecule has 0 saturated carbocycles. The number of nitrogens with one attached hydrogen (secondary N) is 2.